The molecular formula is C13H8Br2FNO2. The van der Waals surface area contributed by atoms with Crippen LogP contribution in [0.25, 0.3) is 0 Å². The average Bonchev–Trinajstić information content (AvgIpc) is 2.42. The molecule has 0 aromatic heterocycles. The van der Waals surface area contributed by atoms with Gasteiger partial charge in [0.2, 0.25) is 0 Å². The number of carbonyl (C=O) groups is 1. The van der Waals surface area contributed by atoms with Crippen LogP contribution in [0.4, 0.5) is 10.1 Å². The summed E-state index contributed by atoms with van der Waals surface area (Å²) >= 11 is 6.09. The van der Waals surface area contributed by atoms with Crippen LogP contribution in [-0.4, -0.2) is 11.0 Å². The van der Waals surface area contributed by atoms with Crippen molar-refractivity contribution >= 4 is 43.5 Å². The number of amides is 1. The van der Waals surface area contributed by atoms with Gasteiger partial charge in [0.25, 0.3) is 5.91 Å². The van der Waals surface area contributed by atoms with Crippen LogP contribution < -0.4 is 5.32 Å². The quantitative estimate of drug-likeness (QED) is 0.594. The van der Waals surface area contributed by atoms with Gasteiger partial charge in [-0.15, -0.1) is 0 Å². The van der Waals surface area contributed by atoms with Gasteiger partial charge in [-0.2, -0.15) is 0 Å². The van der Waals surface area contributed by atoms with Crippen LogP contribution in [0.15, 0.2) is 45.3 Å². The van der Waals surface area contributed by atoms with E-state index in [0.717, 1.165) is 0 Å². The third-order valence-corrected chi connectivity index (χ3v) is 3.60. The number of halogens is 3. The number of hydrogen-bond donors (Lipinski definition) is 2. The Labute approximate surface area is 125 Å². The first-order valence-corrected chi connectivity index (χ1v) is 6.82. The Morgan fingerprint density at radius 1 is 1.16 bits per heavy atom. The van der Waals surface area contributed by atoms with Crippen LogP contribution in [0.3, 0.4) is 0 Å². The van der Waals surface area contributed by atoms with Gasteiger partial charge in [0, 0.05) is 5.56 Å². The minimum atomic E-state index is -0.731. The van der Waals surface area contributed by atoms with Crippen molar-refractivity contribution in [3.05, 3.63) is 56.7 Å². The third kappa shape index (κ3) is 2.96. The molecule has 0 spiro atoms. The van der Waals surface area contributed by atoms with Crippen LogP contribution in [0, 0.1) is 5.82 Å². The summed E-state index contributed by atoms with van der Waals surface area (Å²) in [7, 11) is 0. The van der Waals surface area contributed by atoms with Gasteiger partial charge in [-0.05, 0) is 50.1 Å². The summed E-state index contributed by atoms with van der Waals surface area (Å²) in [6.45, 7) is 0. The molecule has 2 N–H and O–H groups in total. The smallest absolute Gasteiger partial charge is 0.255 e. The van der Waals surface area contributed by atoms with Crippen LogP contribution >= 0.6 is 31.9 Å². The molecular weight excluding hydrogens is 381 g/mol. The van der Waals surface area contributed by atoms with Crippen molar-refractivity contribution in [2.75, 3.05) is 5.32 Å². The molecule has 0 aliphatic carbocycles. The summed E-state index contributed by atoms with van der Waals surface area (Å²) in [4.78, 5) is 11.9. The lowest BCUT2D eigenvalue weighted by Crippen LogP contribution is -2.13. The second-order valence-corrected chi connectivity index (χ2v) is 5.41. The largest absolute Gasteiger partial charge is 0.505 e. The number of rotatable bonds is 2. The van der Waals surface area contributed by atoms with E-state index in [9.17, 15) is 14.3 Å². The lowest BCUT2D eigenvalue weighted by Gasteiger charge is -2.11. The molecule has 0 saturated carbocycles. The van der Waals surface area contributed by atoms with Crippen LogP contribution in [0.5, 0.6) is 5.75 Å². The molecule has 2 aromatic rings. The normalized spacial score (nSPS) is 10.3. The molecule has 0 unspecified atom stereocenters. The van der Waals surface area contributed by atoms with E-state index in [4.69, 9.17) is 0 Å². The van der Waals surface area contributed by atoms with Crippen molar-refractivity contribution in [2.24, 2.45) is 0 Å². The maximum atomic E-state index is 13.9. The zero-order valence-corrected chi connectivity index (χ0v) is 12.6. The lowest BCUT2D eigenvalue weighted by atomic mass is 10.2. The average molecular weight is 389 g/mol. The van der Waals surface area contributed by atoms with Gasteiger partial charge in [0.15, 0.2) is 11.6 Å². The van der Waals surface area contributed by atoms with Crippen LogP contribution in [0.2, 0.25) is 0 Å². The molecule has 0 atom stereocenters. The standard InChI is InChI=1S/C13H8Br2FNO2/c14-8-6-9(15)12(18)11(10(8)16)17-13(19)7-4-2-1-3-5-7/h1-6,18H,(H,17,19). The van der Waals surface area contributed by atoms with Gasteiger partial charge < -0.3 is 10.4 Å². The van der Waals surface area contributed by atoms with Crippen molar-refractivity contribution in [3.8, 4) is 5.75 Å². The minimum Gasteiger partial charge on any atom is -0.505 e. The summed E-state index contributed by atoms with van der Waals surface area (Å²) < 4.78 is 14.3. The lowest BCUT2D eigenvalue weighted by molar-refractivity contribution is 0.102. The number of aromatic hydroxyl groups is 1. The molecule has 0 aliphatic heterocycles. The highest BCUT2D eigenvalue weighted by Gasteiger charge is 2.18. The van der Waals surface area contributed by atoms with Crippen LogP contribution in [0.1, 0.15) is 10.4 Å². The Hall–Kier alpha value is -1.40. The van der Waals surface area contributed by atoms with Crippen molar-refractivity contribution in [2.45, 2.75) is 0 Å². The number of hydrogen-bond acceptors (Lipinski definition) is 2. The van der Waals surface area contributed by atoms with Gasteiger partial charge in [0.1, 0.15) is 5.69 Å². The maximum absolute atomic E-state index is 13.9. The molecule has 0 heterocycles. The molecule has 0 bridgehead atoms. The maximum Gasteiger partial charge on any atom is 0.255 e. The Morgan fingerprint density at radius 2 is 1.79 bits per heavy atom. The topological polar surface area (TPSA) is 49.3 Å². The summed E-state index contributed by atoms with van der Waals surface area (Å²) in [6.07, 6.45) is 0. The first kappa shape index (κ1) is 14.0. The highest BCUT2D eigenvalue weighted by molar-refractivity contribution is 9.11. The third-order valence-electron chi connectivity index (χ3n) is 2.42. The summed E-state index contributed by atoms with van der Waals surface area (Å²) in [5.74, 6) is -1.59. The van der Waals surface area contributed by atoms with Gasteiger partial charge in [-0.3, -0.25) is 4.79 Å². The molecule has 0 radical (unpaired) electrons. The Kier molecular flexibility index (Phi) is 4.21. The van der Waals surface area contributed by atoms with Gasteiger partial charge >= 0.3 is 0 Å². The second-order valence-electron chi connectivity index (χ2n) is 3.70. The molecule has 2 rings (SSSR count). The number of carbonyl (C=O) groups excluding carboxylic acids is 1. The molecule has 0 saturated heterocycles. The molecule has 6 heteroatoms. The van der Waals surface area contributed by atoms with E-state index in [1.54, 1.807) is 30.3 Å². The first-order chi connectivity index (χ1) is 9.00. The van der Waals surface area contributed by atoms with Crippen molar-refractivity contribution in [1.82, 2.24) is 0 Å². The Morgan fingerprint density at radius 3 is 2.42 bits per heavy atom. The molecule has 0 aliphatic rings. The summed E-state index contributed by atoms with van der Waals surface area (Å²) in [5, 5.41) is 12.1. The minimum absolute atomic E-state index is 0.139. The Balaban J connectivity index is 2.37. The van der Waals surface area contributed by atoms with Crippen molar-refractivity contribution in [1.29, 1.82) is 0 Å². The van der Waals surface area contributed by atoms with E-state index >= 15 is 0 Å². The zero-order valence-electron chi connectivity index (χ0n) is 9.45. The Bertz CT molecular complexity index is 606. The summed E-state index contributed by atoms with van der Waals surface area (Å²) in [6, 6.07) is 9.71. The highest BCUT2D eigenvalue weighted by Crippen LogP contribution is 2.38. The number of phenols is 1. The fourth-order valence-corrected chi connectivity index (χ4v) is 2.64. The fourth-order valence-electron chi connectivity index (χ4n) is 1.48. The molecule has 3 nitrogen and oxygen atoms in total. The predicted octanol–water partition coefficient (Wildman–Crippen LogP) is 4.31. The van der Waals surface area contributed by atoms with Gasteiger partial charge in [-0.1, -0.05) is 18.2 Å². The molecule has 0 fully saturated rings. The van der Waals surface area contributed by atoms with Gasteiger partial charge in [0.05, 0.1) is 8.95 Å². The SMILES string of the molecule is O=C(Nc1c(O)c(Br)cc(Br)c1F)c1ccccc1. The van der Waals surface area contributed by atoms with Crippen LogP contribution in [-0.2, 0) is 0 Å². The first-order valence-electron chi connectivity index (χ1n) is 5.23. The van der Waals surface area contributed by atoms with Crippen molar-refractivity contribution in [3.63, 3.8) is 0 Å². The number of phenolic OH excluding ortho intramolecular Hbond substituents is 1. The van der Waals surface area contributed by atoms with E-state index in [0.29, 0.717) is 5.56 Å². The molecule has 2 aromatic carbocycles. The van der Waals surface area contributed by atoms with Gasteiger partial charge in [-0.25, -0.2) is 4.39 Å². The number of anilines is 1. The van der Waals surface area contributed by atoms with E-state index < -0.39 is 11.7 Å². The van der Waals surface area contributed by atoms with E-state index in [-0.39, 0.29) is 20.4 Å². The molecule has 1 amide bonds. The van der Waals surface area contributed by atoms with E-state index in [1.807, 2.05) is 0 Å². The number of benzene rings is 2. The van der Waals surface area contributed by atoms with Crippen molar-refractivity contribution < 1.29 is 14.3 Å². The van der Waals surface area contributed by atoms with E-state index in [2.05, 4.69) is 37.2 Å². The predicted molar refractivity (Wildman–Crippen MR) is 77.9 cm³/mol. The number of nitrogens with one attached hydrogen (secondary N) is 1. The highest BCUT2D eigenvalue weighted by atomic mass is 79.9. The van der Waals surface area contributed by atoms with E-state index in [1.165, 1.54) is 6.07 Å². The zero-order chi connectivity index (χ0) is 14.0. The molecule has 98 valence electrons. The monoisotopic (exact) mass is 387 g/mol. The summed E-state index contributed by atoms with van der Waals surface area (Å²) in [5.41, 5.74) is 0.104. The fraction of sp³-hybridized carbons (Fsp3) is 0. The second kappa shape index (κ2) is 5.71. The molecule has 19 heavy (non-hydrogen) atoms.